The lowest BCUT2D eigenvalue weighted by atomic mass is 10.2. The van der Waals surface area contributed by atoms with Crippen molar-refractivity contribution in [1.29, 1.82) is 0 Å². The molecule has 1 atom stereocenters. The van der Waals surface area contributed by atoms with E-state index in [-0.39, 0.29) is 0 Å². The Hall–Kier alpha value is -0.940. The quantitative estimate of drug-likeness (QED) is 0.520. The van der Waals surface area contributed by atoms with Gasteiger partial charge in [0.15, 0.2) is 0 Å². The van der Waals surface area contributed by atoms with Crippen LogP contribution in [0, 0.1) is 0 Å². The van der Waals surface area contributed by atoms with E-state index in [9.17, 15) is 9.59 Å². The molecule has 0 aromatic carbocycles. The molecule has 15 heavy (non-hydrogen) atoms. The second kappa shape index (κ2) is 13.1. The molecular weight excluding hydrogens is 198 g/mol. The van der Waals surface area contributed by atoms with Gasteiger partial charge in [-0.05, 0) is 20.3 Å². The summed E-state index contributed by atoms with van der Waals surface area (Å²) in [5.41, 5.74) is 5.36. The van der Waals surface area contributed by atoms with E-state index in [1.54, 1.807) is 14.0 Å². The minimum Gasteiger partial charge on any atom is -0.465 e. The van der Waals surface area contributed by atoms with Gasteiger partial charge in [0.05, 0.1) is 6.61 Å². The van der Waals surface area contributed by atoms with Crippen molar-refractivity contribution in [2.24, 2.45) is 5.73 Å². The van der Waals surface area contributed by atoms with Gasteiger partial charge in [-0.3, -0.25) is 4.79 Å². The molecule has 0 saturated carbocycles. The van der Waals surface area contributed by atoms with Crippen molar-refractivity contribution in [2.75, 3.05) is 20.3 Å². The van der Waals surface area contributed by atoms with Crippen molar-refractivity contribution in [3.8, 4) is 0 Å². The summed E-state index contributed by atoms with van der Waals surface area (Å²) in [6, 6.07) is -0.653. The van der Waals surface area contributed by atoms with Crippen LogP contribution in [0.2, 0.25) is 0 Å². The predicted octanol–water partition coefficient (Wildman–Crippen LogP) is 0.509. The SMILES string of the molecule is CCOC.CCOC(=O)C(N)CCC=O. The van der Waals surface area contributed by atoms with E-state index in [4.69, 9.17) is 5.73 Å². The highest BCUT2D eigenvalue weighted by Gasteiger charge is 2.12. The summed E-state index contributed by atoms with van der Waals surface area (Å²) >= 11 is 0. The fraction of sp³-hybridized carbons (Fsp3) is 0.800. The third-order valence-electron chi connectivity index (χ3n) is 1.47. The van der Waals surface area contributed by atoms with E-state index in [0.717, 1.165) is 12.9 Å². The molecule has 90 valence electrons. The average molecular weight is 219 g/mol. The maximum Gasteiger partial charge on any atom is 0.322 e. The van der Waals surface area contributed by atoms with Crippen LogP contribution in [0.15, 0.2) is 0 Å². The number of ether oxygens (including phenoxy) is 2. The molecule has 0 aliphatic heterocycles. The van der Waals surface area contributed by atoms with Crippen LogP contribution in [0.4, 0.5) is 0 Å². The predicted molar refractivity (Wildman–Crippen MR) is 57.5 cm³/mol. The highest BCUT2D eigenvalue weighted by atomic mass is 16.5. The monoisotopic (exact) mass is 219 g/mol. The summed E-state index contributed by atoms with van der Waals surface area (Å²) in [5.74, 6) is -0.436. The van der Waals surface area contributed by atoms with Crippen LogP contribution in [0.25, 0.3) is 0 Å². The van der Waals surface area contributed by atoms with Crippen molar-refractivity contribution in [3.05, 3.63) is 0 Å². The Morgan fingerprint density at radius 1 is 1.40 bits per heavy atom. The average Bonchev–Trinajstić information content (AvgIpc) is 2.26. The zero-order chi connectivity index (χ0) is 12.1. The number of hydrogen-bond acceptors (Lipinski definition) is 5. The zero-order valence-corrected chi connectivity index (χ0v) is 9.69. The Morgan fingerprint density at radius 2 is 1.93 bits per heavy atom. The minimum absolute atomic E-state index is 0.306. The van der Waals surface area contributed by atoms with Gasteiger partial charge in [0.1, 0.15) is 12.3 Å². The van der Waals surface area contributed by atoms with E-state index in [1.807, 2.05) is 6.92 Å². The van der Waals surface area contributed by atoms with Crippen molar-refractivity contribution >= 4 is 12.3 Å². The second-order valence-electron chi connectivity index (χ2n) is 2.68. The molecule has 0 rings (SSSR count). The summed E-state index contributed by atoms with van der Waals surface area (Å²) in [6.07, 6.45) is 1.40. The number of carbonyl (C=O) groups excluding carboxylic acids is 2. The first-order valence-electron chi connectivity index (χ1n) is 4.98. The molecule has 0 bridgehead atoms. The summed E-state index contributed by atoms with van der Waals surface area (Å²) in [7, 11) is 1.68. The fourth-order valence-electron chi connectivity index (χ4n) is 0.615. The van der Waals surface area contributed by atoms with E-state index in [0.29, 0.717) is 19.4 Å². The van der Waals surface area contributed by atoms with E-state index >= 15 is 0 Å². The van der Waals surface area contributed by atoms with Gasteiger partial charge in [-0.25, -0.2) is 0 Å². The molecule has 0 amide bonds. The van der Waals surface area contributed by atoms with Gasteiger partial charge in [0.2, 0.25) is 0 Å². The Labute approximate surface area is 90.9 Å². The molecule has 0 radical (unpaired) electrons. The molecule has 0 heterocycles. The lowest BCUT2D eigenvalue weighted by Gasteiger charge is -2.07. The van der Waals surface area contributed by atoms with E-state index < -0.39 is 12.0 Å². The molecule has 0 aromatic rings. The topological polar surface area (TPSA) is 78.6 Å². The fourth-order valence-corrected chi connectivity index (χ4v) is 0.615. The van der Waals surface area contributed by atoms with Gasteiger partial charge in [-0.15, -0.1) is 0 Å². The lowest BCUT2D eigenvalue weighted by molar-refractivity contribution is -0.144. The first kappa shape index (κ1) is 16.5. The van der Waals surface area contributed by atoms with E-state index in [1.165, 1.54) is 0 Å². The third-order valence-corrected chi connectivity index (χ3v) is 1.47. The highest BCUT2D eigenvalue weighted by Crippen LogP contribution is 1.94. The summed E-state index contributed by atoms with van der Waals surface area (Å²) in [5, 5.41) is 0. The van der Waals surface area contributed by atoms with Crippen LogP contribution in [0.3, 0.4) is 0 Å². The van der Waals surface area contributed by atoms with Crippen molar-refractivity contribution < 1.29 is 19.1 Å². The first-order valence-corrected chi connectivity index (χ1v) is 4.98. The zero-order valence-electron chi connectivity index (χ0n) is 9.69. The van der Waals surface area contributed by atoms with Gasteiger partial charge in [-0.1, -0.05) is 0 Å². The van der Waals surface area contributed by atoms with Crippen molar-refractivity contribution in [2.45, 2.75) is 32.7 Å². The maximum absolute atomic E-state index is 10.8. The Balaban J connectivity index is 0. The normalized spacial score (nSPS) is 10.9. The molecule has 0 aliphatic carbocycles. The molecular formula is C10H21NO4. The molecule has 5 nitrogen and oxygen atoms in total. The first-order chi connectivity index (χ1) is 7.13. The number of nitrogens with two attached hydrogens (primary N) is 1. The van der Waals surface area contributed by atoms with Crippen LogP contribution < -0.4 is 5.73 Å². The molecule has 0 saturated heterocycles. The molecule has 2 N–H and O–H groups in total. The number of hydrogen-bond donors (Lipinski definition) is 1. The van der Waals surface area contributed by atoms with Crippen LogP contribution in [0.5, 0.6) is 0 Å². The van der Waals surface area contributed by atoms with E-state index in [2.05, 4.69) is 9.47 Å². The second-order valence-corrected chi connectivity index (χ2v) is 2.68. The summed E-state index contributed by atoms with van der Waals surface area (Å²) in [4.78, 5) is 20.7. The lowest BCUT2D eigenvalue weighted by Crippen LogP contribution is -2.32. The third kappa shape index (κ3) is 13.1. The molecule has 1 unspecified atom stereocenters. The maximum atomic E-state index is 10.8. The molecule has 0 aliphatic rings. The van der Waals surface area contributed by atoms with Crippen LogP contribution in [0.1, 0.15) is 26.7 Å². The van der Waals surface area contributed by atoms with Crippen molar-refractivity contribution in [3.63, 3.8) is 0 Å². The molecule has 0 aromatic heterocycles. The minimum atomic E-state index is -0.653. The summed E-state index contributed by atoms with van der Waals surface area (Å²) in [6.45, 7) is 4.82. The molecule has 0 fully saturated rings. The van der Waals surface area contributed by atoms with Gasteiger partial charge in [0, 0.05) is 20.1 Å². The van der Waals surface area contributed by atoms with Crippen molar-refractivity contribution in [1.82, 2.24) is 0 Å². The van der Waals surface area contributed by atoms with Gasteiger partial charge in [-0.2, -0.15) is 0 Å². The Bertz CT molecular complexity index is 160. The molecule has 0 spiro atoms. The number of carbonyl (C=O) groups is 2. The number of rotatable bonds is 6. The van der Waals surface area contributed by atoms with Gasteiger partial charge >= 0.3 is 5.97 Å². The van der Waals surface area contributed by atoms with Gasteiger partial charge in [0.25, 0.3) is 0 Å². The largest absolute Gasteiger partial charge is 0.465 e. The van der Waals surface area contributed by atoms with Crippen LogP contribution in [-0.2, 0) is 19.1 Å². The Morgan fingerprint density at radius 3 is 2.27 bits per heavy atom. The highest BCUT2D eigenvalue weighted by molar-refractivity contribution is 5.75. The molecule has 5 heteroatoms. The number of aldehydes is 1. The van der Waals surface area contributed by atoms with Crippen LogP contribution >= 0.6 is 0 Å². The number of methoxy groups -OCH3 is 1. The van der Waals surface area contributed by atoms with Gasteiger partial charge < -0.3 is 20.0 Å². The Kier molecular flexibility index (Phi) is 14.4. The number of esters is 1. The smallest absolute Gasteiger partial charge is 0.322 e. The van der Waals surface area contributed by atoms with Crippen LogP contribution in [-0.4, -0.2) is 38.6 Å². The summed E-state index contributed by atoms with van der Waals surface area (Å²) < 4.78 is 9.16. The standard InChI is InChI=1S/C7H13NO3.C3H8O/c1-2-11-7(10)6(8)4-3-5-9;1-3-4-2/h5-6H,2-4,8H2,1H3;3H2,1-2H3.